The first-order chi connectivity index (χ1) is 13.6. The Hall–Kier alpha value is -3.15. The molecule has 2 N–H and O–H groups in total. The molecule has 3 aromatic rings. The molecule has 0 amide bonds. The summed E-state index contributed by atoms with van der Waals surface area (Å²) in [7, 11) is 0. The van der Waals surface area contributed by atoms with Crippen LogP contribution in [-0.2, 0) is 6.42 Å². The molecule has 1 aliphatic heterocycles. The first kappa shape index (κ1) is 18.2. The highest BCUT2D eigenvalue weighted by atomic mass is 16.7. The third kappa shape index (κ3) is 3.15. The minimum Gasteiger partial charge on any atom is -0.508 e. The van der Waals surface area contributed by atoms with E-state index in [-0.39, 0.29) is 12.5 Å². The standard InChI is InChI=1S/C22H24N2O4/c1-4-8-26-19-11-17(25)14(5-2)9-16(19)22-21(13(3)23-24-22)15-6-7-18-20(10-15)28-12-27-18/h6-7,9-11,25H,4-5,8,12H2,1-3H3,(H,23,24). The lowest BCUT2D eigenvalue weighted by atomic mass is 9.96. The van der Waals surface area contributed by atoms with Crippen LogP contribution in [0.3, 0.4) is 0 Å². The topological polar surface area (TPSA) is 76.6 Å². The van der Waals surface area contributed by atoms with E-state index in [9.17, 15) is 5.11 Å². The van der Waals surface area contributed by atoms with Crippen LogP contribution in [0.1, 0.15) is 31.5 Å². The zero-order chi connectivity index (χ0) is 19.7. The molecule has 28 heavy (non-hydrogen) atoms. The van der Waals surface area contributed by atoms with Crippen molar-refractivity contribution < 1.29 is 19.3 Å². The number of aromatic nitrogens is 2. The molecule has 6 heteroatoms. The third-order valence-electron chi connectivity index (χ3n) is 4.89. The molecule has 0 spiro atoms. The van der Waals surface area contributed by atoms with Gasteiger partial charge in [-0.25, -0.2) is 0 Å². The first-order valence-electron chi connectivity index (χ1n) is 9.56. The summed E-state index contributed by atoms with van der Waals surface area (Å²) in [5.41, 5.74) is 5.42. The van der Waals surface area contributed by atoms with E-state index in [1.807, 2.05) is 38.1 Å². The van der Waals surface area contributed by atoms with Crippen LogP contribution in [0, 0.1) is 6.92 Å². The number of H-pyrrole nitrogens is 1. The maximum Gasteiger partial charge on any atom is 0.231 e. The van der Waals surface area contributed by atoms with Gasteiger partial charge in [0.1, 0.15) is 17.2 Å². The second-order valence-electron chi connectivity index (χ2n) is 6.82. The number of fused-ring (bicyclic) bond motifs is 1. The monoisotopic (exact) mass is 380 g/mol. The van der Waals surface area contributed by atoms with Gasteiger partial charge in [0.2, 0.25) is 6.79 Å². The summed E-state index contributed by atoms with van der Waals surface area (Å²) >= 11 is 0. The van der Waals surface area contributed by atoms with E-state index in [0.717, 1.165) is 58.0 Å². The van der Waals surface area contributed by atoms with Gasteiger partial charge in [-0.15, -0.1) is 0 Å². The zero-order valence-electron chi connectivity index (χ0n) is 16.3. The Morgan fingerprint density at radius 2 is 1.96 bits per heavy atom. The van der Waals surface area contributed by atoms with Gasteiger partial charge in [-0.05, 0) is 49.1 Å². The minimum absolute atomic E-state index is 0.239. The van der Waals surface area contributed by atoms with Crippen molar-refractivity contribution in [1.82, 2.24) is 10.2 Å². The Bertz CT molecular complexity index is 1010. The van der Waals surface area contributed by atoms with Gasteiger partial charge in [0, 0.05) is 22.9 Å². The Balaban J connectivity index is 1.87. The van der Waals surface area contributed by atoms with E-state index in [0.29, 0.717) is 12.4 Å². The van der Waals surface area contributed by atoms with Crippen LogP contribution >= 0.6 is 0 Å². The SMILES string of the molecule is CCCOc1cc(O)c(CC)cc1-c1n[nH]c(C)c1-c1ccc2c(c1)OCO2. The van der Waals surface area contributed by atoms with Gasteiger partial charge in [-0.1, -0.05) is 19.9 Å². The van der Waals surface area contributed by atoms with Crippen molar-refractivity contribution in [1.29, 1.82) is 0 Å². The highest BCUT2D eigenvalue weighted by molar-refractivity contribution is 5.86. The Kier molecular flexibility index (Phi) is 4.86. The Labute approximate surface area is 164 Å². The van der Waals surface area contributed by atoms with Gasteiger partial charge in [-0.3, -0.25) is 5.10 Å². The fourth-order valence-electron chi connectivity index (χ4n) is 3.44. The number of aromatic hydroxyl groups is 1. The molecule has 146 valence electrons. The largest absolute Gasteiger partial charge is 0.508 e. The fraction of sp³-hybridized carbons (Fsp3) is 0.318. The van der Waals surface area contributed by atoms with Crippen molar-refractivity contribution in [2.24, 2.45) is 0 Å². The van der Waals surface area contributed by atoms with Gasteiger partial charge in [-0.2, -0.15) is 5.10 Å². The van der Waals surface area contributed by atoms with Gasteiger partial charge < -0.3 is 19.3 Å². The molecule has 1 aromatic heterocycles. The van der Waals surface area contributed by atoms with Crippen LogP contribution < -0.4 is 14.2 Å². The normalized spacial score (nSPS) is 12.4. The summed E-state index contributed by atoms with van der Waals surface area (Å²) in [6.07, 6.45) is 1.60. The summed E-state index contributed by atoms with van der Waals surface area (Å²) < 4.78 is 16.9. The van der Waals surface area contributed by atoms with Gasteiger partial charge in [0.05, 0.1) is 6.61 Å². The Morgan fingerprint density at radius 3 is 2.75 bits per heavy atom. The molecule has 1 aliphatic rings. The second kappa shape index (κ2) is 7.46. The van der Waals surface area contributed by atoms with Crippen LogP contribution in [-0.4, -0.2) is 28.7 Å². The zero-order valence-corrected chi connectivity index (χ0v) is 16.3. The quantitative estimate of drug-likeness (QED) is 0.640. The van der Waals surface area contributed by atoms with Crippen molar-refractivity contribution in [2.45, 2.75) is 33.6 Å². The van der Waals surface area contributed by atoms with Crippen LogP contribution in [0.2, 0.25) is 0 Å². The number of aromatic amines is 1. The van der Waals surface area contributed by atoms with Crippen LogP contribution in [0.25, 0.3) is 22.4 Å². The van der Waals surface area contributed by atoms with Gasteiger partial charge in [0.25, 0.3) is 0 Å². The summed E-state index contributed by atoms with van der Waals surface area (Å²) in [5, 5.41) is 18.0. The number of ether oxygens (including phenoxy) is 3. The van der Waals surface area contributed by atoms with Gasteiger partial charge >= 0.3 is 0 Å². The molecule has 2 heterocycles. The van der Waals surface area contributed by atoms with E-state index in [2.05, 4.69) is 17.1 Å². The number of nitrogens with one attached hydrogen (secondary N) is 1. The predicted molar refractivity (Wildman–Crippen MR) is 107 cm³/mol. The van der Waals surface area contributed by atoms with Crippen molar-refractivity contribution in [3.63, 3.8) is 0 Å². The summed E-state index contributed by atoms with van der Waals surface area (Å²) in [4.78, 5) is 0. The number of rotatable bonds is 6. The average Bonchev–Trinajstić information content (AvgIpc) is 3.32. The molecule has 0 atom stereocenters. The minimum atomic E-state index is 0.239. The molecule has 0 saturated heterocycles. The summed E-state index contributed by atoms with van der Waals surface area (Å²) in [6.45, 7) is 6.87. The molecule has 0 fully saturated rings. The lowest BCUT2D eigenvalue weighted by Gasteiger charge is -2.14. The predicted octanol–water partition coefficient (Wildman–Crippen LogP) is 4.84. The van der Waals surface area contributed by atoms with Crippen LogP contribution in [0.5, 0.6) is 23.0 Å². The highest BCUT2D eigenvalue weighted by Gasteiger charge is 2.22. The van der Waals surface area contributed by atoms with E-state index in [1.165, 1.54) is 0 Å². The van der Waals surface area contributed by atoms with Crippen LogP contribution in [0.4, 0.5) is 0 Å². The first-order valence-corrected chi connectivity index (χ1v) is 9.56. The maximum atomic E-state index is 10.3. The number of aryl methyl sites for hydroxylation is 2. The highest BCUT2D eigenvalue weighted by Crippen LogP contribution is 2.43. The molecule has 0 bridgehead atoms. The molecule has 6 nitrogen and oxygen atoms in total. The molecule has 2 aromatic carbocycles. The van der Waals surface area contributed by atoms with Crippen molar-refractivity contribution in [3.05, 3.63) is 41.6 Å². The fourth-order valence-corrected chi connectivity index (χ4v) is 3.44. The molecule has 4 rings (SSSR count). The van der Waals surface area contributed by atoms with E-state index in [4.69, 9.17) is 14.2 Å². The molecular formula is C22H24N2O4. The summed E-state index contributed by atoms with van der Waals surface area (Å²) in [6, 6.07) is 9.54. The number of phenols is 1. The number of phenolic OH excluding ortho intramolecular Hbond substituents is 1. The van der Waals surface area contributed by atoms with Crippen molar-refractivity contribution in [2.75, 3.05) is 13.4 Å². The third-order valence-corrected chi connectivity index (χ3v) is 4.89. The average molecular weight is 380 g/mol. The molecule has 0 radical (unpaired) electrons. The molecule has 0 saturated carbocycles. The molecule has 0 aliphatic carbocycles. The van der Waals surface area contributed by atoms with E-state index in [1.54, 1.807) is 6.07 Å². The lowest BCUT2D eigenvalue weighted by Crippen LogP contribution is -1.99. The van der Waals surface area contributed by atoms with Gasteiger partial charge in [0.15, 0.2) is 11.5 Å². The van der Waals surface area contributed by atoms with E-state index >= 15 is 0 Å². The van der Waals surface area contributed by atoms with Crippen molar-refractivity contribution in [3.8, 4) is 45.4 Å². The Morgan fingerprint density at radius 1 is 1.14 bits per heavy atom. The second-order valence-corrected chi connectivity index (χ2v) is 6.82. The number of hydrogen-bond donors (Lipinski definition) is 2. The lowest BCUT2D eigenvalue weighted by molar-refractivity contribution is 0.174. The van der Waals surface area contributed by atoms with Crippen LogP contribution in [0.15, 0.2) is 30.3 Å². The molecule has 0 unspecified atom stereocenters. The number of nitrogens with zero attached hydrogens (tertiary/aromatic N) is 1. The summed E-state index contributed by atoms with van der Waals surface area (Å²) in [5.74, 6) is 2.35. The van der Waals surface area contributed by atoms with E-state index < -0.39 is 0 Å². The number of hydrogen-bond acceptors (Lipinski definition) is 5. The van der Waals surface area contributed by atoms with Crippen molar-refractivity contribution >= 4 is 0 Å². The number of benzene rings is 2. The maximum absolute atomic E-state index is 10.3. The molecular weight excluding hydrogens is 356 g/mol. The smallest absolute Gasteiger partial charge is 0.231 e.